The van der Waals surface area contributed by atoms with Crippen LogP contribution in [0.4, 0.5) is 0 Å². The standard InChI is InChI=1S/C28H41N3O2/c1-25(32)11-9-20-5-6-21-22-7-8-24(28(4,33)18-31-17-19(15-29)16-30-31)27(22,3)12-10-23(21)26(20,2)14-13-25/h5,16-17,21-24,32-33H,6-14,18H2,1-4H3/t21-,22-,23-,24-,25-,26-,27-,28-/m0/s1. The number of allylic oxidation sites excluding steroid dienone is 2. The van der Waals surface area contributed by atoms with Gasteiger partial charge in [0, 0.05) is 6.20 Å². The predicted molar refractivity (Wildman–Crippen MR) is 128 cm³/mol. The zero-order chi connectivity index (χ0) is 23.6. The lowest BCUT2D eigenvalue weighted by atomic mass is 9.48. The summed E-state index contributed by atoms with van der Waals surface area (Å²) in [5.74, 6) is 2.24. The minimum absolute atomic E-state index is 0.133. The van der Waals surface area contributed by atoms with E-state index in [1.165, 1.54) is 19.3 Å². The van der Waals surface area contributed by atoms with Crippen molar-refractivity contribution in [3.05, 3.63) is 29.6 Å². The zero-order valence-electron chi connectivity index (χ0n) is 20.8. The molecule has 1 heterocycles. The van der Waals surface area contributed by atoms with Crippen LogP contribution in [0.15, 0.2) is 24.0 Å². The number of hydrogen-bond donors (Lipinski definition) is 2. The molecule has 0 radical (unpaired) electrons. The molecular formula is C28H41N3O2. The lowest BCUT2D eigenvalue weighted by molar-refractivity contribution is -0.106. The van der Waals surface area contributed by atoms with Gasteiger partial charge in [-0.15, -0.1) is 0 Å². The van der Waals surface area contributed by atoms with Crippen LogP contribution >= 0.6 is 0 Å². The molecule has 0 unspecified atom stereocenters. The maximum atomic E-state index is 11.7. The van der Waals surface area contributed by atoms with Crippen molar-refractivity contribution >= 4 is 0 Å². The first-order chi connectivity index (χ1) is 15.5. The van der Waals surface area contributed by atoms with Crippen molar-refractivity contribution in [3.8, 4) is 6.07 Å². The summed E-state index contributed by atoms with van der Waals surface area (Å²) in [6.45, 7) is 9.38. The number of nitrogens with zero attached hydrogens (tertiary/aromatic N) is 3. The number of hydrogen-bond acceptors (Lipinski definition) is 4. The van der Waals surface area contributed by atoms with Gasteiger partial charge in [-0.3, -0.25) is 4.68 Å². The van der Waals surface area contributed by atoms with E-state index in [-0.39, 0.29) is 16.7 Å². The SMILES string of the molecule is C[C@]1(O)CCC2=CC[C@H]3[C@@H]4CC[C@H]([C@@](C)(O)Cn5cc(C#N)cn5)[C@@]4(C)CC[C@@H]3[C@@]2(C)CC1. The highest BCUT2D eigenvalue weighted by Gasteiger charge is 2.61. The van der Waals surface area contributed by atoms with Gasteiger partial charge in [-0.25, -0.2) is 0 Å². The second-order valence-corrected chi connectivity index (χ2v) is 12.8. The molecule has 0 saturated heterocycles. The average molecular weight is 452 g/mol. The summed E-state index contributed by atoms with van der Waals surface area (Å²) >= 11 is 0. The molecule has 5 rings (SSSR count). The normalized spacial score (nSPS) is 44.5. The smallest absolute Gasteiger partial charge is 0.102 e. The van der Waals surface area contributed by atoms with Crippen molar-refractivity contribution in [1.29, 1.82) is 5.26 Å². The van der Waals surface area contributed by atoms with Crippen LogP contribution in [0, 0.1) is 45.8 Å². The van der Waals surface area contributed by atoms with E-state index in [1.54, 1.807) is 22.6 Å². The van der Waals surface area contributed by atoms with Crippen LogP contribution < -0.4 is 0 Å². The molecule has 180 valence electrons. The first kappa shape index (κ1) is 23.1. The van der Waals surface area contributed by atoms with Crippen molar-refractivity contribution in [2.45, 2.75) is 103 Å². The highest BCUT2D eigenvalue weighted by atomic mass is 16.3. The molecule has 2 N–H and O–H groups in total. The molecule has 5 nitrogen and oxygen atoms in total. The highest BCUT2D eigenvalue weighted by molar-refractivity contribution is 5.25. The molecule has 3 saturated carbocycles. The van der Waals surface area contributed by atoms with Gasteiger partial charge in [0.05, 0.1) is 29.5 Å². The summed E-state index contributed by atoms with van der Waals surface area (Å²) in [5.41, 5.74) is 1.12. The van der Waals surface area contributed by atoms with Crippen LogP contribution in [0.25, 0.3) is 0 Å². The lowest BCUT2D eigenvalue weighted by Crippen LogP contribution is -2.53. The summed E-state index contributed by atoms with van der Waals surface area (Å²) < 4.78 is 1.74. The van der Waals surface area contributed by atoms with Gasteiger partial charge in [-0.1, -0.05) is 25.5 Å². The van der Waals surface area contributed by atoms with Crippen LogP contribution in [-0.4, -0.2) is 31.2 Å². The van der Waals surface area contributed by atoms with Gasteiger partial charge < -0.3 is 10.2 Å². The minimum Gasteiger partial charge on any atom is -0.390 e. The fraction of sp³-hybridized carbons (Fsp3) is 0.786. The van der Waals surface area contributed by atoms with Gasteiger partial charge in [0.25, 0.3) is 0 Å². The highest BCUT2D eigenvalue weighted by Crippen LogP contribution is 2.67. The molecule has 5 heteroatoms. The molecule has 4 aliphatic rings. The van der Waals surface area contributed by atoms with Crippen LogP contribution in [0.2, 0.25) is 0 Å². The van der Waals surface area contributed by atoms with E-state index < -0.39 is 11.2 Å². The van der Waals surface area contributed by atoms with Gasteiger partial charge in [-0.2, -0.15) is 10.4 Å². The third kappa shape index (κ3) is 3.69. The molecule has 3 fully saturated rings. The molecule has 0 bridgehead atoms. The van der Waals surface area contributed by atoms with Crippen molar-refractivity contribution in [3.63, 3.8) is 0 Å². The number of fused-ring (bicyclic) bond motifs is 5. The Labute approximate surface area is 198 Å². The van der Waals surface area contributed by atoms with E-state index in [4.69, 9.17) is 5.26 Å². The Morgan fingerprint density at radius 1 is 1.15 bits per heavy atom. The maximum absolute atomic E-state index is 11.7. The van der Waals surface area contributed by atoms with E-state index in [9.17, 15) is 10.2 Å². The van der Waals surface area contributed by atoms with E-state index >= 15 is 0 Å². The Hall–Kier alpha value is -1.64. The zero-order valence-corrected chi connectivity index (χ0v) is 20.8. The molecule has 0 aromatic carbocycles. The number of nitriles is 1. The fourth-order valence-electron chi connectivity index (χ4n) is 8.92. The number of rotatable bonds is 3. The summed E-state index contributed by atoms with van der Waals surface area (Å²) in [5, 5.41) is 35.9. The van der Waals surface area contributed by atoms with Gasteiger partial charge >= 0.3 is 0 Å². The summed E-state index contributed by atoms with van der Waals surface area (Å²) in [4.78, 5) is 0. The number of aromatic nitrogens is 2. The van der Waals surface area contributed by atoms with Crippen LogP contribution in [-0.2, 0) is 6.54 Å². The molecule has 8 atom stereocenters. The van der Waals surface area contributed by atoms with E-state index in [0.29, 0.717) is 29.9 Å². The molecule has 1 aromatic rings. The predicted octanol–water partition coefficient (Wildman–Crippen LogP) is 5.23. The van der Waals surface area contributed by atoms with Crippen LogP contribution in [0.5, 0.6) is 0 Å². The van der Waals surface area contributed by atoms with Crippen molar-refractivity contribution < 1.29 is 10.2 Å². The largest absolute Gasteiger partial charge is 0.390 e. The van der Waals surface area contributed by atoms with Gasteiger partial charge in [0.1, 0.15) is 6.07 Å². The fourth-order valence-corrected chi connectivity index (χ4v) is 8.92. The Kier molecular flexibility index (Phi) is 5.38. The van der Waals surface area contributed by atoms with E-state index in [1.807, 2.05) is 13.8 Å². The van der Waals surface area contributed by atoms with Gasteiger partial charge in [0.15, 0.2) is 0 Å². The third-order valence-corrected chi connectivity index (χ3v) is 10.7. The quantitative estimate of drug-likeness (QED) is 0.617. The van der Waals surface area contributed by atoms with E-state index in [0.717, 1.165) is 38.5 Å². The molecule has 0 amide bonds. The van der Waals surface area contributed by atoms with Gasteiger partial charge in [-0.05, 0) is 106 Å². The summed E-state index contributed by atoms with van der Waals surface area (Å²) in [6, 6.07) is 2.14. The molecule has 0 aliphatic heterocycles. The second kappa shape index (κ2) is 7.68. The minimum atomic E-state index is -0.852. The molecule has 0 spiro atoms. The second-order valence-electron chi connectivity index (χ2n) is 12.8. The summed E-state index contributed by atoms with van der Waals surface area (Å²) in [6.07, 6.45) is 15.6. The Bertz CT molecular complexity index is 986. The molecule has 1 aromatic heterocycles. The van der Waals surface area contributed by atoms with Crippen LogP contribution in [0.3, 0.4) is 0 Å². The lowest BCUT2D eigenvalue weighted by Gasteiger charge is -2.57. The Morgan fingerprint density at radius 2 is 1.94 bits per heavy atom. The third-order valence-electron chi connectivity index (χ3n) is 10.7. The van der Waals surface area contributed by atoms with E-state index in [2.05, 4.69) is 31.1 Å². The Morgan fingerprint density at radius 3 is 2.67 bits per heavy atom. The average Bonchev–Trinajstić information content (AvgIpc) is 3.32. The van der Waals surface area contributed by atoms with Crippen molar-refractivity contribution in [2.24, 2.45) is 34.5 Å². The Balaban J connectivity index is 1.39. The molecule has 33 heavy (non-hydrogen) atoms. The van der Waals surface area contributed by atoms with Crippen molar-refractivity contribution in [2.75, 3.05) is 0 Å². The molecular weight excluding hydrogens is 410 g/mol. The number of aliphatic hydroxyl groups is 2. The topological polar surface area (TPSA) is 82.1 Å². The maximum Gasteiger partial charge on any atom is 0.102 e. The molecule has 4 aliphatic carbocycles. The van der Waals surface area contributed by atoms with Gasteiger partial charge in [0.2, 0.25) is 0 Å². The first-order valence-corrected chi connectivity index (χ1v) is 13.1. The summed E-state index contributed by atoms with van der Waals surface area (Å²) in [7, 11) is 0. The monoisotopic (exact) mass is 451 g/mol. The van der Waals surface area contributed by atoms with Crippen molar-refractivity contribution in [1.82, 2.24) is 9.78 Å². The first-order valence-electron chi connectivity index (χ1n) is 13.1. The van der Waals surface area contributed by atoms with Crippen LogP contribution in [0.1, 0.15) is 91.0 Å².